The highest BCUT2D eigenvalue weighted by Crippen LogP contribution is 2.19. The highest BCUT2D eigenvalue weighted by Gasteiger charge is 2.11. The van der Waals surface area contributed by atoms with Crippen LogP contribution >= 0.6 is 0 Å². The minimum absolute atomic E-state index is 0.162. The van der Waals surface area contributed by atoms with E-state index in [2.05, 4.69) is 25.7 Å². The molecule has 10 nitrogen and oxygen atoms in total. The molecule has 0 aliphatic rings. The summed E-state index contributed by atoms with van der Waals surface area (Å²) in [6.07, 6.45) is 1.44. The number of halogens is 1. The second kappa shape index (κ2) is 8.47. The summed E-state index contributed by atoms with van der Waals surface area (Å²) in [5.74, 6) is 0.0464. The van der Waals surface area contributed by atoms with Crippen molar-refractivity contribution in [1.29, 1.82) is 0 Å². The molecule has 11 heteroatoms. The maximum atomic E-state index is 13.1. The molecule has 1 N–H and O–H groups in total. The van der Waals surface area contributed by atoms with Crippen LogP contribution in [-0.4, -0.2) is 48.7 Å². The van der Waals surface area contributed by atoms with E-state index in [1.165, 1.54) is 35.0 Å². The third-order valence-corrected chi connectivity index (χ3v) is 4.09. The van der Waals surface area contributed by atoms with Crippen molar-refractivity contribution in [2.45, 2.75) is 6.54 Å². The van der Waals surface area contributed by atoms with Gasteiger partial charge in [-0.05, 0) is 36.4 Å². The van der Waals surface area contributed by atoms with Crippen LogP contribution in [0, 0.1) is 5.82 Å². The Kier molecular flexibility index (Phi) is 5.42. The minimum atomic E-state index is -0.361. The first-order valence-electron chi connectivity index (χ1n) is 9.00. The zero-order chi connectivity index (χ0) is 20.9. The van der Waals surface area contributed by atoms with Crippen LogP contribution < -0.4 is 15.6 Å². The molecule has 0 fully saturated rings. The molecular weight excluding hydrogens is 393 g/mol. The maximum absolute atomic E-state index is 13.1. The van der Waals surface area contributed by atoms with Gasteiger partial charge in [0.2, 0.25) is 11.8 Å². The van der Waals surface area contributed by atoms with Crippen LogP contribution in [-0.2, 0) is 11.3 Å². The average Bonchev–Trinajstić information content (AvgIpc) is 3.17. The molecule has 3 aromatic heterocycles. The first-order chi connectivity index (χ1) is 14.6. The van der Waals surface area contributed by atoms with Crippen molar-refractivity contribution < 1.29 is 13.9 Å². The lowest BCUT2D eigenvalue weighted by Gasteiger charge is -2.08. The van der Waals surface area contributed by atoms with Gasteiger partial charge in [0.1, 0.15) is 19.0 Å². The van der Waals surface area contributed by atoms with Crippen LogP contribution in [0.1, 0.15) is 0 Å². The van der Waals surface area contributed by atoms with E-state index in [-0.39, 0.29) is 37.0 Å². The smallest absolute Gasteiger partial charge is 0.267 e. The van der Waals surface area contributed by atoms with Gasteiger partial charge in [-0.15, -0.1) is 15.3 Å². The molecule has 1 aromatic carbocycles. The fourth-order valence-electron chi connectivity index (χ4n) is 2.67. The van der Waals surface area contributed by atoms with E-state index in [0.29, 0.717) is 22.9 Å². The van der Waals surface area contributed by atoms with Gasteiger partial charge in [0.05, 0.1) is 6.54 Å². The molecule has 1 amide bonds. The quantitative estimate of drug-likeness (QED) is 0.446. The SMILES string of the molecule is O=C(Cn1ncccc1=O)NCCOc1ccc2nnc(-c3ccc(F)cc3)n2n1. The summed E-state index contributed by atoms with van der Waals surface area (Å²) >= 11 is 0. The van der Waals surface area contributed by atoms with Crippen LogP contribution in [0.15, 0.2) is 59.5 Å². The summed E-state index contributed by atoms with van der Waals surface area (Å²) in [7, 11) is 0. The van der Waals surface area contributed by atoms with Crippen LogP contribution in [0.5, 0.6) is 5.88 Å². The number of amides is 1. The number of hydrogen-bond acceptors (Lipinski definition) is 7. The van der Waals surface area contributed by atoms with E-state index in [9.17, 15) is 14.0 Å². The molecule has 0 aliphatic heterocycles. The summed E-state index contributed by atoms with van der Waals surface area (Å²) in [5, 5.41) is 18.9. The fraction of sp³-hybridized carbons (Fsp3) is 0.158. The molecule has 4 rings (SSSR count). The van der Waals surface area contributed by atoms with Crippen molar-refractivity contribution in [3.05, 3.63) is 70.9 Å². The highest BCUT2D eigenvalue weighted by atomic mass is 19.1. The number of rotatable bonds is 7. The molecule has 152 valence electrons. The van der Waals surface area contributed by atoms with Gasteiger partial charge in [0.15, 0.2) is 11.5 Å². The Labute approximate surface area is 168 Å². The van der Waals surface area contributed by atoms with Gasteiger partial charge in [0, 0.05) is 23.9 Å². The van der Waals surface area contributed by atoms with Crippen molar-refractivity contribution in [3.8, 4) is 17.3 Å². The lowest BCUT2D eigenvalue weighted by molar-refractivity contribution is -0.122. The fourth-order valence-corrected chi connectivity index (χ4v) is 2.67. The first-order valence-corrected chi connectivity index (χ1v) is 9.00. The summed E-state index contributed by atoms with van der Waals surface area (Å²) < 4.78 is 21.3. The molecule has 0 spiro atoms. The van der Waals surface area contributed by atoms with Gasteiger partial charge < -0.3 is 10.1 Å². The van der Waals surface area contributed by atoms with Gasteiger partial charge >= 0.3 is 0 Å². The monoisotopic (exact) mass is 409 g/mol. The van der Waals surface area contributed by atoms with Crippen molar-refractivity contribution >= 4 is 11.6 Å². The van der Waals surface area contributed by atoms with Crippen LogP contribution in [0.2, 0.25) is 0 Å². The number of ether oxygens (including phenoxy) is 1. The van der Waals surface area contributed by atoms with Crippen molar-refractivity contribution in [2.75, 3.05) is 13.2 Å². The highest BCUT2D eigenvalue weighted by molar-refractivity contribution is 5.75. The molecule has 0 saturated heterocycles. The van der Waals surface area contributed by atoms with Crippen molar-refractivity contribution in [1.82, 2.24) is 34.9 Å². The second-order valence-corrected chi connectivity index (χ2v) is 6.19. The molecule has 0 radical (unpaired) electrons. The number of nitrogens with one attached hydrogen (secondary N) is 1. The maximum Gasteiger partial charge on any atom is 0.267 e. The molecule has 0 saturated carbocycles. The third kappa shape index (κ3) is 4.29. The first kappa shape index (κ1) is 19.2. The van der Waals surface area contributed by atoms with Crippen molar-refractivity contribution in [3.63, 3.8) is 0 Å². The van der Waals surface area contributed by atoms with E-state index in [1.807, 2.05) is 0 Å². The summed E-state index contributed by atoms with van der Waals surface area (Å²) in [4.78, 5) is 23.5. The second-order valence-electron chi connectivity index (χ2n) is 6.19. The van der Waals surface area contributed by atoms with E-state index in [4.69, 9.17) is 4.74 Å². The zero-order valence-electron chi connectivity index (χ0n) is 15.6. The number of fused-ring (bicyclic) bond motifs is 1. The molecule has 0 bridgehead atoms. The predicted molar refractivity (Wildman–Crippen MR) is 103 cm³/mol. The van der Waals surface area contributed by atoms with Crippen LogP contribution in [0.3, 0.4) is 0 Å². The minimum Gasteiger partial charge on any atom is -0.475 e. The van der Waals surface area contributed by atoms with Gasteiger partial charge in [-0.25, -0.2) is 9.07 Å². The summed E-state index contributed by atoms with van der Waals surface area (Å²) in [5.41, 5.74) is 0.814. The van der Waals surface area contributed by atoms with Gasteiger partial charge in [-0.2, -0.15) is 9.61 Å². The Balaban J connectivity index is 1.36. The topological polar surface area (TPSA) is 116 Å². The van der Waals surface area contributed by atoms with E-state index in [0.717, 1.165) is 4.68 Å². The van der Waals surface area contributed by atoms with Crippen LogP contribution in [0.25, 0.3) is 17.0 Å². The van der Waals surface area contributed by atoms with Crippen LogP contribution in [0.4, 0.5) is 4.39 Å². The molecule has 0 aliphatic carbocycles. The predicted octanol–water partition coefficient (Wildman–Crippen LogP) is 0.682. The number of carbonyl (C=O) groups is 1. The van der Waals surface area contributed by atoms with Gasteiger partial charge in [-0.3, -0.25) is 9.59 Å². The van der Waals surface area contributed by atoms with Gasteiger partial charge in [0.25, 0.3) is 5.56 Å². The summed E-state index contributed by atoms with van der Waals surface area (Å²) in [6.45, 7) is 0.203. The number of benzene rings is 1. The number of hydrogen-bond donors (Lipinski definition) is 1. The largest absolute Gasteiger partial charge is 0.475 e. The Morgan fingerprint density at radius 3 is 2.73 bits per heavy atom. The molecule has 4 aromatic rings. The summed E-state index contributed by atoms with van der Waals surface area (Å²) in [6, 6.07) is 12.0. The normalized spacial score (nSPS) is 10.8. The Hall–Kier alpha value is -4.15. The lowest BCUT2D eigenvalue weighted by Crippen LogP contribution is -2.35. The Morgan fingerprint density at radius 2 is 1.93 bits per heavy atom. The van der Waals surface area contributed by atoms with E-state index in [1.54, 1.807) is 24.3 Å². The molecule has 0 atom stereocenters. The van der Waals surface area contributed by atoms with Crippen molar-refractivity contribution in [2.24, 2.45) is 0 Å². The molecule has 0 unspecified atom stereocenters. The molecule has 30 heavy (non-hydrogen) atoms. The molecule has 3 heterocycles. The Bertz CT molecular complexity index is 1240. The lowest BCUT2D eigenvalue weighted by atomic mass is 10.2. The standard InChI is InChI=1S/C19H16FN7O3/c20-14-5-3-13(4-6-14)19-24-23-15-7-8-17(25-27(15)19)30-11-10-21-16(28)12-26-18(29)2-1-9-22-26/h1-9H,10-12H2,(H,21,28). The van der Waals surface area contributed by atoms with Gasteiger partial charge in [-0.1, -0.05) is 0 Å². The van der Waals surface area contributed by atoms with E-state index >= 15 is 0 Å². The Morgan fingerprint density at radius 1 is 1.10 bits per heavy atom. The number of carbonyl (C=O) groups excluding carboxylic acids is 1. The molecular formula is C19H16FN7O3. The average molecular weight is 409 g/mol. The number of nitrogens with zero attached hydrogens (tertiary/aromatic N) is 6. The van der Waals surface area contributed by atoms with E-state index < -0.39 is 0 Å². The third-order valence-electron chi connectivity index (χ3n) is 4.09. The zero-order valence-corrected chi connectivity index (χ0v) is 15.6. The number of aromatic nitrogens is 6.